The number of nitriles is 1. The lowest BCUT2D eigenvalue weighted by Gasteiger charge is -2.35. The minimum absolute atomic E-state index is 0.167. The van der Waals surface area contributed by atoms with Crippen molar-refractivity contribution in [2.24, 2.45) is 0 Å². The molecule has 2 heterocycles. The molecule has 2 aromatic carbocycles. The average Bonchev–Trinajstić information content (AvgIpc) is 2.80. The van der Waals surface area contributed by atoms with Gasteiger partial charge >= 0.3 is 0 Å². The molecule has 3 aromatic rings. The number of para-hydroxylation sites is 2. The molecule has 0 aliphatic carbocycles. The zero-order valence-electron chi connectivity index (χ0n) is 18.6. The van der Waals surface area contributed by atoms with E-state index in [-0.39, 0.29) is 10.6 Å². The normalized spacial score (nSPS) is 16.1. The monoisotopic (exact) mass is 449 g/mol. The molecule has 1 aliphatic heterocycles. The Balaban J connectivity index is 1.87. The van der Waals surface area contributed by atoms with Crippen LogP contribution in [0.3, 0.4) is 0 Å². The minimum Gasteiger partial charge on any atom is -0.352 e. The Labute approximate surface area is 189 Å². The van der Waals surface area contributed by atoms with Crippen LogP contribution in [0.25, 0.3) is 11.0 Å². The van der Waals surface area contributed by atoms with Gasteiger partial charge in [-0.05, 0) is 49.7 Å². The number of aryl methyl sites for hydroxylation is 2. The zero-order valence-corrected chi connectivity index (χ0v) is 19.4. The van der Waals surface area contributed by atoms with E-state index >= 15 is 0 Å². The van der Waals surface area contributed by atoms with E-state index in [4.69, 9.17) is 4.98 Å². The molecule has 0 amide bonds. The molecule has 1 saturated heterocycles. The summed E-state index contributed by atoms with van der Waals surface area (Å²) in [6, 6.07) is 14.7. The van der Waals surface area contributed by atoms with Crippen molar-refractivity contribution in [2.75, 3.05) is 37.6 Å². The SMILES string of the molecule is CCN1CCN(c2nc3ccccc3nc2C(C#N)S(=O)(=O)c2cc(C)ccc2C)CC1. The van der Waals surface area contributed by atoms with Crippen LogP contribution in [-0.4, -0.2) is 56.0 Å². The number of sulfone groups is 1. The number of benzene rings is 2. The number of rotatable bonds is 5. The number of aromatic nitrogens is 2. The maximum absolute atomic E-state index is 13.7. The van der Waals surface area contributed by atoms with Crippen LogP contribution < -0.4 is 4.90 Å². The topological polar surface area (TPSA) is 90.2 Å². The summed E-state index contributed by atoms with van der Waals surface area (Å²) in [5, 5.41) is 8.64. The van der Waals surface area contributed by atoms with E-state index in [0.29, 0.717) is 35.5 Å². The van der Waals surface area contributed by atoms with Crippen molar-refractivity contribution in [2.45, 2.75) is 30.9 Å². The summed E-state index contributed by atoms with van der Waals surface area (Å²) >= 11 is 0. The molecule has 0 bridgehead atoms. The van der Waals surface area contributed by atoms with Gasteiger partial charge in [0, 0.05) is 26.2 Å². The van der Waals surface area contributed by atoms with Crippen LogP contribution in [0.15, 0.2) is 47.4 Å². The summed E-state index contributed by atoms with van der Waals surface area (Å²) in [5.74, 6) is 0.486. The van der Waals surface area contributed by atoms with Crippen molar-refractivity contribution < 1.29 is 8.42 Å². The standard InChI is InChI=1S/C24H27N5O2S/c1-4-28-11-13-29(14-12-28)24-23(26-19-7-5-6-8-20(19)27-24)22(16-25)32(30,31)21-15-17(2)9-10-18(21)3/h5-10,15,22H,4,11-14H2,1-3H3. The van der Waals surface area contributed by atoms with Crippen molar-refractivity contribution in [3.8, 4) is 6.07 Å². The molecule has 1 fully saturated rings. The van der Waals surface area contributed by atoms with Gasteiger partial charge in [-0.2, -0.15) is 5.26 Å². The molecule has 1 atom stereocenters. The summed E-state index contributed by atoms with van der Waals surface area (Å²) in [6.45, 7) is 9.79. The third-order valence-electron chi connectivity index (χ3n) is 6.02. The first kappa shape index (κ1) is 22.2. The molecule has 8 heteroatoms. The maximum atomic E-state index is 13.7. The van der Waals surface area contributed by atoms with Crippen LogP contribution in [0.1, 0.15) is 29.0 Å². The summed E-state index contributed by atoms with van der Waals surface area (Å²) in [6.07, 6.45) is 0. The Morgan fingerprint density at radius 2 is 1.69 bits per heavy atom. The third-order valence-corrected chi connectivity index (χ3v) is 8.03. The van der Waals surface area contributed by atoms with Crippen molar-refractivity contribution in [3.63, 3.8) is 0 Å². The number of fused-ring (bicyclic) bond motifs is 1. The van der Waals surface area contributed by atoms with E-state index < -0.39 is 15.1 Å². The van der Waals surface area contributed by atoms with E-state index in [1.807, 2.05) is 37.3 Å². The molecule has 7 nitrogen and oxygen atoms in total. The Kier molecular flexibility index (Phi) is 6.13. The fraction of sp³-hybridized carbons (Fsp3) is 0.375. The van der Waals surface area contributed by atoms with Crippen LogP contribution in [0.2, 0.25) is 0 Å². The number of anilines is 1. The van der Waals surface area contributed by atoms with E-state index in [9.17, 15) is 13.7 Å². The van der Waals surface area contributed by atoms with Gasteiger partial charge in [0.2, 0.25) is 9.84 Å². The van der Waals surface area contributed by atoms with Crippen molar-refractivity contribution in [1.82, 2.24) is 14.9 Å². The lowest BCUT2D eigenvalue weighted by molar-refractivity contribution is 0.270. The number of piperazine rings is 1. The summed E-state index contributed by atoms with van der Waals surface area (Å²) in [4.78, 5) is 14.0. The van der Waals surface area contributed by atoms with Crippen LogP contribution in [0, 0.1) is 25.2 Å². The zero-order chi connectivity index (χ0) is 22.9. The van der Waals surface area contributed by atoms with E-state index in [1.54, 1.807) is 25.1 Å². The first-order valence-corrected chi connectivity index (χ1v) is 12.3. The number of hydrogen-bond donors (Lipinski definition) is 0. The quantitative estimate of drug-likeness (QED) is 0.589. The average molecular weight is 450 g/mol. The molecule has 1 aliphatic rings. The van der Waals surface area contributed by atoms with Gasteiger partial charge in [-0.25, -0.2) is 18.4 Å². The molecule has 1 unspecified atom stereocenters. The fourth-order valence-electron chi connectivity index (χ4n) is 4.11. The summed E-state index contributed by atoms with van der Waals surface area (Å²) in [5.41, 5.74) is 2.91. The third kappa shape index (κ3) is 4.06. The predicted molar refractivity (Wildman–Crippen MR) is 125 cm³/mol. The second-order valence-electron chi connectivity index (χ2n) is 8.17. The maximum Gasteiger partial charge on any atom is 0.200 e. The van der Waals surface area contributed by atoms with Crippen LogP contribution in [-0.2, 0) is 9.84 Å². The molecule has 0 spiro atoms. The van der Waals surface area contributed by atoms with Crippen LogP contribution >= 0.6 is 0 Å². The van der Waals surface area contributed by atoms with Gasteiger partial charge in [-0.1, -0.05) is 31.2 Å². The molecule has 0 N–H and O–H groups in total. The van der Waals surface area contributed by atoms with Gasteiger partial charge in [0.1, 0.15) is 5.69 Å². The highest BCUT2D eigenvalue weighted by Gasteiger charge is 2.36. The van der Waals surface area contributed by atoms with Gasteiger partial charge in [-0.15, -0.1) is 0 Å². The highest BCUT2D eigenvalue weighted by molar-refractivity contribution is 7.92. The fourth-order valence-corrected chi connectivity index (χ4v) is 5.82. The smallest absolute Gasteiger partial charge is 0.200 e. The van der Waals surface area contributed by atoms with Crippen LogP contribution in [0.5, 0.6) is 0 Å². The van der Waals surface area contributed by atoms with Gasteiger partial charge in [0.15, 0.2) is 11.1 Å². The van der Waals surface area contributed by atoms with Gasteiger partial charge in [-0.3, -0.25) is 0 Å². The summed E-state index contributed by atoms with van der Waals surface area (Å²) < 4.78 is 27.4. The minimum atomic E-state index is -4.00. The second kappa shape index (κ2) is 8.85. The second-order valence-corrected chi connectivity index (χ2v) is 10.2. The van der Waals surface area contributed by atoms with E-state index in [2.05, 4.69) is 21.7 Å². The molecule has 0 radical (unpaired) electrons. The van der Waals surface area contributed by atoms with E-state index in [1.165, 1.54) is 0 Å². The predicted octanol–water partition coefficient (Wildman–Crippen LogP) is 3.43. The van der Waals surface area contributed by atoms with Crippen molar-refractivity contribution >= 4 is 26.7 Å². The highest BCUT2D eigenvalue weighted by atomic mass is 32.2. The molecule has 4 rings (SSSR count). The molecule has 0 saturated carbocycles. The van der Waals surface area contributed by atoms with E-state index in [0.717, 1.165) is 25.2 Å². The lowest BCUT2D eigenvalue weighted by atomic mass is 10.2. The summed E-state index contributed by atoms with van der Waals surface area (Å²) in [7, 11) is -4.00. The Morgan fingerprint density at radius 1 is 1.03 bits per heavy atom. The van der Waals surface area contributed by atoms with Crippen LogP contribution in [0.4, 0.5) is 5.82 Å². The molecule has 1 aromatic heterocycles. The molecule has 166 valence electrons. The number of likely N-dealkylation sites (N-methyl/N-ethyl adjacent to an activating group) is 1. The number of nitrogens with zero attached hydrogens (tertiary/aromatic N) is 5. The Bertz CT molecular complexity index is 1290. The van der Waals surface area contributed by atoms with Gasteiger partial charge < -0.3 is 9.80 Å². The Hall–Kier alpha value is -3.02. The van der Waals surface area contributed by atoms with Gasteiger partial charge in [0.05, 0.1) is 22.0 Å². The van der Waals surface area contributed by atoms with Gasteiger partial charge in [0.25, 0.3) is 0 Å². The molecule has 32 heavy (non-hydrogen) atoms. The first-order valence-electron chi connectivity index (χ1n) is 10.8. The first-order chi connectivity index (χ1) is 15.3. The highest BCUT2D eigenvalue weighted by Crippen LogP contribution is 2.35. The Morgan fingerprint density at radius 3 is 2.31 bits per heavy atom. The molecular weight excluding hydrogens is 422 g/mol. The lowest BCUT2D eigenvalue weighted by Crippen LogP contribution is -2.47. The number of hydrogen-bond acceptors (Lipinski definition) is 7. The van der Waals surface area contributed by atoms with Crippen molar-refractivity contribution in [3.05, 3.63) is 59.3 Å². The van der Waals surface area contributed by atoms with Crippen molar-refractivity contribution in [1.29, 1.82) is 5.26 Å². The largest absolute Gasteiger partial charge is 0.352 e. The molecular formula is C24H27N5O2S.